The molecular formula is C19H20N2O6. The van der Waals surface area contributed by atoms with E-state index in [1.807, 2.05) is 13.0 Å². The highest BCUT2D eigenvalue weighted by Gasteiger charge is 2.17. The number of hydrogen-bond donors (Lipinski definition) is 1. The van der Waals surface area contributed by atoms with E-state index in [0.29, 0.717) is 16.9 Å². The summed E-state index contributed by atoms with van der Waals surface area (Å²) in [5.41, 5.74) is 2.15. The molecule has 0 fully saturated rings. The first-order chi connectivity index (χ1) is 12.8. The molecule has 0 bridgehead atoms. The van der Waals surface area contributed by atoms with Crippen LogP contribution in [0.5, 0.6) is 5.75 Å². The van der Waals surface area contributed by atoms with E-state index in [9.17, 15) is 19.7 Å². The smallest absolute Gasteiger partial charge is 0.310 e. The molecule has 142 valence electrons. The topological polar surface area (TPSA) is 108 Å². The van der Waals surface area contributed by atoms with Crippen LogP contribution in [0.2, 0.25) is 0 Å². The molecule has 0 saturated carbocycles. The van der Waals surface area contributed by atoms with Crippen LogP contribution >= 0.6 is 0 Å². The molecule has 0 atom stereocenters. The molecule has 0 spiro atoms. The fourth-order valence-corrected chi connectivity index (χ4v) is 2.42. The summed E-state index contributed by atoms with van der Waals surface area (Å²) in [6, 6.07) is 9.75. The zero-order valence-electron chi connectivity index (χ0n) is 15.3. The number of methoxy groups -OCH3 is 1. The predicted molar refractivity (Wildman–Crippen MR) is 98.9 cm³/mol. The molecule has 0 aromatic heterocycles. The minimum atomic E-state index is -0.656. The number of nitrogens with zero attached hydrogens (tertiary/aromatic N) is 1. The van der Waals surface area contributed by atoms with E-state index in [4.69, 9.17) is 9.47 Å². The first-order valence-corrected chi connectivity index (χ1v) is 8.14. The number of carbonyl (C=O) groups is 2. The Kier molecular flexibility index (Phi) is 6.48. The minimum absolute atomic E-state index is 0.0192. The third-order valence-electron chi connectivity index (χ3n) is 3.81. The standard InChI is InChI=1S/C19H20N2O6/c1-12-4-7-15(16(8-12)21(24)25)20-18(22)11-27-19(23)10-14-6-5-13(2)17(9-14)26-3/h4-9H,10-11H2,1-3H3,(H,20,22). The van der Waals surface area contributed by atoms with Crippen molar-refractivity contribution < 1.29 is 24.0 Å². The molecule has 0 unspecified atom stereocenters. The van der Waals surface area contributed by atoms with Gasteiger partial charge in [0.1, 0.15) is 11.4 Å². The number of anilines is 1. The van der Waals surface area contributed by atoms with E-state index in [2.05, 4.69) is 5.32 Å². The number of hydrogen-bond acceptors (Lipinski definition) is 6. The van der Waals surface area contributed by atoms with E-state index < -0.39 is 23.4 Å². The lowest BCUT2D eigenvalue weighted by molar-refractivity contribution is -0.384. The normalized spacial score (nSPS) is 10.2. The van der Waals surface area contributed by atoms with E-state index >= 15 is 0 Å². The number of nitrogens with one attached hydrogen (secondary N) is 1. The molecule has 8 heteroatoms. The van der Waals surface area contributed by atoms with Crippen molar-refractivity contribution in [3.63, 3.8) is 0 Å². The maximum atomic E-state index is 11.9. The van der Waals surface area contributed by atoms with Gasteiger partial charge < -0.3 is 14.8 Å². The van der Waals surface area contributed by atoms with Crippen LogP contribution in [-0.4, -0.2) is 30.5 Å². The van der Waals surface area contributed by atoms with Gasteiger partial charge in [-0.3, -0.25) is 19.7 Å². The van der Waals surface area contributed by atoms with Crippen molar-refractivity contribution in [1.29, 1.82) is 0 Å². The second kappa shape index (κ2) is 8.79. The van der Waals surface area contributed by atoms with Crippen LogP contribution in [0.25, 0.3) is 0 Å². The third kappa shape index (κ3) is 5.53. The Labute approximate surface area is 156 Å². The van der Waals surface area contributed by atoms with E-state index in [1.165, 1.54) is 12.1 Å². The molecule has 0 saturated heterocycles. The number of esters is 1. The highest BCUT2D eigenvalue weighted by molar-refractivity contribution is 5.95. The van der Waals surface area contributed by atoms with Crippen molar-refractivity contribution in [1.82, 2.24) is 0 Å². The molecule has 27 heavy (non-hydrogen) atoms. The molecule has 8 nitrogen and oxygen atoms in total. The Balaban J connectivity index is 1.92. The average Bonchev–Trinajstić information content (AvgIpc) is 2.63. The summed E-state index contributed by atoms with van der Waals surface area (Å²) in [5, 5.41) is 13.4. The van der Waals surface area contributed by atoms with Crippen LogP contribution < -0.4 is 10.1 Å². The van der Waals surface area contributed by atoms with Gasteiger partial charge in [0.2, 0.25) is 0 Å². The first-order valence-electron chi connectivity index (χ1n) is 8.14. The van der Waals surface area contributed by atoms with E-state index in [1.54, 1.807) is 32.2 Å². The number of ether oxygens (including phenoxy) is 2. The molecule has 2 aromatic rings. The number of aryl methyl sites for hydroxylation is 2. The Bertz CT molecular complexity index is 878. The van der Waals surface area contributed by atoms with Gasteiger partial charge in [-0.1, -0.05) is 18.2 Å². The Morgan fingerprint density at radius 3 is 2.56 bits per heavy atom. The zero-order valence-corrected chi connectivity index (χ0v) is 15.3. The van der Waals surface area contributed by atoms with Crippen LogP contribution in [0.3, 0.4) is 0 Å². The summed E-state index contributed by atoms with van der Waals surface area (Å²) in [6.45, 7) is 3.06. The van der Waals surface area contributed by atoms with Gasteiger partial charge in [0.05, 0.1) is 18.5 Å². The summed E-state index contributed by atoms with van der Waals surface area (Å²) in [6.07, 6.45) is -0.0192. The first kappa shape index (κ1) is 19.9. The highest BCUT2D eigenvalue weighted by Crippen LogP contribution is 2.25. The number of carbonyl (C=O) groups excluding carboxylic acids is 2. The Morgan fingerprint density at radius 2 is 1.89 bits per heavy atom. The van der Waals surface area contributed by atoms with Gasteiger partial charge in [0.25, 0.3) is 11.6 Å². The number of amides is 1. The lowest BCUT2D eigenvalue weighted by atomic mass is 10.1. The Morgan fingerprint density at radius 1 is 1.15 bits per heavy atom. The molecule has 0 heterocycles. The molecule has 1 amide bonds. The highest BCUT2D eigenvalue weighted by atomic mass is 16.6. The molecule has 2 rings (SSSR count). The third-order valence-corrected chi connectivity index (χ3v) is 3.81. The summed E-state index contributed by atoms with van der Waals surface area (Å²) in [5.74, 6) is -0.587. The monoisotopic (exact) mass is 372 g/mol. The average molecular weight is 372 g/mol. The predicted octanol–water partition coefficient (Wildman–Crippen LogP) is 2.94. The van der Waals surface area contributed by atoms with Crippen LogP contribution in [0.1, 0.15) is 16.7 Å². The fourth-order valence-electron chi connectivity index (χ4n) is 2.42. The van der Waals surface area contributed by atoms with Crippen LogP contribution in [0.4, 0.5) is 11.4 Å². The van der Waals surface area contributed by atoms with Gasteiger partial charge in [-0.15, -0.1) is 0 Å². The van der Waals surface area contributed by atoms with E-state index in [0.717, 1.165) is 5.56 Å². The summed E-state index contributed by atoms with van der Waals surface area (Å²) in [4.78, 5) is 34.3. The van der Waals surface area contributed by atoms with Crippen molar-refractivity contribution in [2.75, 3.05) is 19.0 Å². The molecule has 0 aliphatic heterocycles. The molecule has 0 radical (unpaired) electrons. The van der Waals surface area contributed by atoms with Gasteiger partial charge in [0, 0.05) is 6.07 Å². The maximum Gasteiger partial charge on any atom is 0.310 e. The quantitative estimate of drug-likeness (QED) is 0.455. The van der Waals surface area contributed by atoms with E-state index in [-0.39, 0.29) is 17.8 Å². The number of rotatable bonds is 7. The van der Waals surface area contributed by atoms with Crippen LogP contribution in [0, 0.1) is 24.0 Å². The molecular weight excluding hydrogens is 352 g/mol. The molecule has 2 aromatic carbocycles. The SMILES string of the molecule is COc1cc(CC(=O)OCC(=O)Nc2ccc(C)cc2[N+](=O)[O-])ccc1C. The molecule has 0 aliphatic rings. The number of nitro benzene ring substituents is 1. The summed E-state index contributed by atoms with van der Waals surface area (Å²) < 4.78 is 10.1. The van der Waals surface area contributed by atoms with Crippen molar-refractivity contribution in [2.24, 2.45) is 0 Å². The lowest BCUT2D eigenvalue weighted by Gasteiger charge is -2.09. The number of benzene rings is 2. The van der Waals surface area contributed by atoms with Crippen molar-refractivity contribution in [2.45, 2.75) is 20.3 Å². The second-order valence-electron chi connectivity index (χ2n) is 5.97. The van der Waals surface area contributed by atoms with Crippen molar-refractivity contribution in [3.8, 4) is 5.75 Å². The maximum absolute atomic E-state index is 11.9. The molecule has 1 N–H and O–H groups in total. The van der Waals surface area contributed by atoms with Crippen LogP contribution in [0.15, 0.2) is 36.4 Å². The van der Waals surface area contributed by atoms with Crippen LogP contribution in [-0.2, 0) is 20.7 Å². The van der Waals surface area contributed by atoms with Gasteiger partial charge in [-0.2, -0.15) is 0 Å². The van der Waals surface area contributed by atoms with Gasteiger partial charge >= 0.3 is 5.97 Å². The second-order valence-corrected chi connectivity index (χ2v) is 5.97. The summed E-state index contributed by atoms with van der Waals surface area (Å²) >= 11 is 0. The lowest BCUT2D eigenvalue weighted by Crippen LogP contribution is -2.22. The number of nitro groups is 1. The van der Waals surface area contributed by atoms with Gasteiger partial charge in [-0.25, -0.2) is 0 Å². The minimum Gasteiger partial charge on any atom is -0.496 e. The van der Waals surface area contributed by atoms with Gasteiger partial charge in [0.15, 0.2) is 6.61 Å². The fraction of sp³-hybridized carbons (Fsp3) is 0.263. The Hall–Kier alpha value is -3.42. The van der Waals surface area contributed by atoms with Crippen molar-refractivity contribution in [3.05, 3.63) is 63.2 Å². The molecule has 0 aliphatic carbocycles. The van der Waals surface area contributed by atoms with Gasteiger partial charge in [-0.05, 0) is 42.7 Å². The van der Waals surface area contributed by atoms with Crippen molar-refractivity contribution >= 4 is 23.3 Å². The zero-order chi connectivity index (χ0) is 20.0. The summed E-state index contributed by atoms with van der Waals surface area (Å²) in [7, 11) is 1.54. The largest absolute Gasteiger partial charge is 0.496 e.